The standard InChI is InChI=1S/C24H34N4O7/c1-14(2)20(28-21(31)16-9-6-12-25-16)23(33)27-18(13-15-7-4-3-5-8-15)22(32)26-17(24(34)35)10-11-19(29)30/h3-5,7-8,14,16-18,20,25H,6,9-13H2,1-2H3,(H,26,32)(H,27,33)(H,28,31)(H,29,30)(H,34,35). The van der Waals surface area contributed by atoms with Crippen molar-refractivity contribution in [3.8, 4) is 0 Å². The molecule has 3 amide bonds. The molecule has 1 saturated heterocycles. The lowest BCUT2D eigenvalue weighted by molar-refractivity contribution is -0.143. The number of carbonyl (C=O) groups excluding carboxylic acids is 3. The third kappa shape index (κ3) is 9.01. The first-order valence-electron chi connectivity index (χ1n) is 11.7. The van der Waals surface area contributed by atoms with Gasteiger partial charge in [-0.2, -0.15) is 0 Å². The van der Waals surface area contributed by atoms with Crippen LogP contribution in [0.3, 0.4) is 0 Å². The number of carboxylic acids is 2. The molecule has 1 aromatic carbocycles. The molecular formula is C24H34N4O7. The van der Waals surface area contributed by atoms with Gasteiger partial charge in [0.1, 0.15) is 18.1 Å². The Kier molecular flexibility index (Phi) is 10.7. The molecule has 0 saturated carbocycles. The molecule has 6 N–H and O–H groups in total. The number of carboxylic acid groups (broad SMARTS) is 2. The largest absolute Gasteiger partial charge is 0.481 e. The van der Waals surface area contributed by atoms with E-state index in [1.807, 2.05) is 0 Å². The van der Waals surface area contributed by atoms with E-state index in [0.29, 0.717) is 6.42 Å². The van der Waals surface area contributed by atoms with Crippen LogP contribution in [-0.2, 0) is 30.4 Å². The first kappa shape index (κ1) is 27.8. The van der Waals surface area contributed by atoms with Gasteiger partial charge in [0.15, 0.2) is 0 Å². The second-order valence-corrected chi connectivity index (χ2v) is 8.96. The lowest BCUT2D eigenvalue weighted by Gasteiger charge is -2.27. The van der Waals surface area contributed by atoms with Crippen molar-refractivity contribution in [2.45, 2.75) is 70.1 Å². The van der Waals surface area contributed by atoms with Gasteiger partial charge in [-0.3, -0.25) is 19.2 Å². The van der Waals surface area contributed by atoms with E-state index >= 15 is 0 Å². The Morgan fingerprint density at radius 1 is 0.971 bits per heavy atom. The number of amides is 3. The molecule has 0 spiro atoms. The van der Waals surface area contributed by atoms with E-state index in [4.69, 9.17) is 5.11 Å². The van der Waals surface area contributed by atoms with Crippen LogP contribution in [0.15, 0.2) is 30.3 Å². The molecule has 2 rings (SSSR count). The third-order valence-electron chi connectivity index (χ3n) is 5.80. The molecule has 1 fully saturated rings. The predicted molar refractivity (Wildman–Crippen MR) is 126 cm³/mol. The number of hydrogen-bond donors (Lipinski definition) is 6. The fourth-order valence-electron chi connectivity index (χ4n) is 3.82. The highest BCUT2D eigenvalue weighted by Gasteiger charge is 2.33. The van der Waals surface area contributed by atoms with Crippen molar-refractivity contribution < 1.29 is 34.2 Å². The van der Waals surface area contributed by atoms with Gasteiger partial charge in [0.2, 0.25) is 17.7 Å². The Balaban J connectivity index is 2.17. The molecule has 0 aliphatic carbocycles. The monoisotopic (exact) mass is 490 g/mol. The van der Waals surface area contributed by atoms with Gasteiger partial charge in [0, 0.05) is 12.8 Å². The molecule has 1 aliphatic rings. The lowest BCUT2D eigenvalue weighted by atomic mass is 10.00. The van der Waals surface area contributed by atoms with Crippen LogP contribution in [0.1, 0.15) is 45.1 Å². The smallest absolute Gasteiger partial charge is 0.326 e. The van der Waals surface area contributed by atoms with Gasteiger partial charge in [-0.1, -0.05) is 44.2 Å². The molecule has 35 heavy (non-hydrogen) atoms. The SMILES string of the molecule is CC(C)C(NC(=O)C1CCCN1)C(=O)NC(Cc1ccccc1)C(=O)NC(CCC(=O)O)C(=O)O. The number of carbonyl (C=O) groups is 5. The summed E-state index contributed by atoms with van der Waals surface area (Å²) in [5.41, 5.74) is 0.727. The summed E-state index contributed by atoms with van der Waals surface area (Å²) in [4.78, 5) is 61.2. The summed E-state index contributed by atoms with van der Waals surface area (Å²) < 4.78 is 0. The molecule has 11 nitrogen and oxygen atoms in total. The van der Waals surface area contributed by atoms with Crippen molar-refractivity contribution in [1.82, 2.24) is 21.3 Å². The molecule has 4 unspecified atom stereocenters. The van der Waals surface area contributed by atoms with Gasteiger partial charge in [-0.05, 0) is 37.3 Å². The number of nitrogens with one attached hydrogen (secondary N) is 4. The van der Waals surface area contributed by atoms with Crippen LogP contribution in [0.4, 0.5) is 0 Å². The van der Waals surface area contributed by atoms with Crippen LogP contribution >= 0.6 is 0 Å². The highest BCUT2D eigenvalue weighted by Crippen LogP contribution is 2.10. The average molecular weight is 491 g/mol. The quantitative estimate of drug-likeness (QED) is 0.225. The van der Waals surface area contributed by atoms with Crippen LogP contribution in [0.25, 0.3) is 0 Å². The van der Waals surface area contributed by atoms with Crippen molar-refractivity contribution in [3.05, 3.63) is 35.9 Å². The summed E-state index contributed by atoms with van der Waals surface area (Å²) >= 11 is 0. The second kappa shape index (κ2) is 13.4. The molecule has 0 aromatic heterocycles. The van der Waals surface area contributed by atoms with Crippen molar-refractivity contribution in [1.29, 1.82) is 0 Å². The molecule has 1 heterocycles. The topological polar surface area (TPSA) is 174 Å². The first-order valence-corrected chi connectivity index (χ1v) is 11.7. The number of benzene rings is 1. The van der Waals surface area contributed by atoms with Crippen LogP contribution in [-0.4, -0.2) is 70.6 Å². The zero-order valence-corrected chi connectivity index (χ0v) is 20.0. The van der Waals surface area contributed by atoms with E-state index in [0.717, 1.165) is 18.5 Å². The Morgan fingerprint density at radius 3 is 2.17 bits per heavy atom. The number of hydrogen-bond acceptors (Lipinski definition) is 6. The van der Waals surface area contributed by atoms with Crippen molar-refractivity contribution in [3.63, 3.8) is 0 Å². The molecule has 192 valence electrons. The first-order chi connectivity index (χ1) is 16.6. The van der Waals surface area contributed by atoms with Crippen molar-refractivity contribution in [2.24, 2.45) is 5.92 Å². The fraction of sp³-hybridized carbons (Fsp3) is 0.542. The number of aliphatic carboxylic acids is 2. The van der Waals surface area contributed by atoms with E-state index in [1.54, 1.807) is 44.2 Å². The third-order valence-corrected chi connectivity index (χ3v) is 5.80. The van der Waals surface area contributed by atoms with E-state index in [-0.39, 0.29) is 30.7 Å². The summed E-state index contributed by atoms with van der Waals surface area (Å²) in [6.07, 6.45) is 0.866. The van der Waals surface area contributed by atoms with Crippen LogP contribution in [0.5, 0.6) is 0 Å². The average Bonchev–Trinajstić information content (AvgIpc) is 3.34. The minimum Gasteiger partial charge on any atom is -0.481 e. The normalized spacial score (nSPS) is 17.7. The van der Waals surface area contributed by atoms with E-state index < -0.39 is 48.3 Å². The van der Waals surface area contributed by atoms with Gasteiger partial charge >= 0.3 is 11.9 Å². The predicted octanol–water partition coefficient (Wildman–Crippen LogP) is 0.0409. The maximum absolute atomic E-state index is 13.2. The fourth-order valence-corrected chi connectivity index (χ4v) is 3.82. The number of rotatable bonds is 13. The zero-order chi connectivity index (χ0) is 26.0. The van der Waals surface area contributed by atoms with Crippen LogP contribution < -0.4 is 21.3 Å². The highest BCUT2D eigenvalue weighted by molar-refractivity contribution is 5.94. The van der Waals surface area contributed by atoms with Gasteiger partial charge in [0.05, 0.1) is 6.04 Å². The summed E-state index contributed by atoms with van der Waals surface area (Å²) in [6.45, 7) is 4.26. The van der Waals surface area contributed by atoms with Crippen LogP contribution in [0, 0.1) is 5.92 Å². The molecule has 0 radical (unpaired) electrons. The highest BCUT2D eigenvalue weighted by atomic mass is 16.4. The lowest BCUT2D eigenvalue weighted by Crippen LogP contribution is -2.58. The Morgan fingerprint density at radius 2 is 1.63 bits per heavy atom. The molecule has 11 heteroatoms. The Bertz CT molecular complexity index is 900. The molecule has 1 aromatic rings. The van der Waals surface area contributed by atoms with E-state index in [9.17, 15) is 29.1 Å². The minimum absolute atomic E-state index is 0.0760. The Labute approximate surface area is 204 Å². The van der Waals surface area contributed by atoms with Gasteiger partial charge in [-0.15, -0.1) is 0 Å². The van der Waals surface area contributed by atoms with Gasteiger partial charge in [-0.25, -0.2) is 4.79 Å². The van der Waals surface area contributed by atoms with E-state index in [1.165, 1.54) is 0 Å². The van der Waals surface area contributed by atoms with E-state index in [2.05, 4.69) is 21.3 Å². The van der Waals surface area contributed by atoms with Gasteiger partial charge in [0.25, 0.3) is 0 Å². The second-order valence-electron chi connectivity index (χ2n) is 8.96. The van der Waals surface area contributed by atoms with Crippen molar-refractivity contribution in [2.75, 3.05) is 6.54 Å². The zero-order valence-electron chi connectivity index (χ0n) is 20.0. The summed E-state index contributed by atoms with van der Waals surface area (Å²) in [5.74, 6) is -4.46. The molecule has 1 aliphatic heterocycles. The maximum Gasteiger partial charge on any atom is 0.326 e. The summed E-state index contributed by atoms with van der Waals surface area (Å²) in [7, 11) is 0. The molecule has 4 atom stereocenters. The molecule has 0 bridgehead atoms. The van der Waals surface area contributed by atoms with Crippen molar-refractivity contribution >= 4 is 29.7 Å². The Hall–Kier alpha value is -3.47. The summed E-state index contributed by atoms with van der Waals surface area (Å²) in [5, 5.41) is 29.1. The molecular weight excluding hydrogens is 456 g/mol. The minimum atomic E-state index is -1.43. The van der Waals surface area contributed by atoms with Crippen LogP contribution in [0.2, 0.25) is 0 Å². The van der Waals surface area contributed by atoms with Gasteiger partial charge < -0.3 is 31.5 Å². The summed E-state index contributed by atoms with van der Waals surface area (Å²) in [6, 6.07) is 5.01. The maximum atomic E-state index is 13.2.